The molecule has 2 aliphatic heterocycles. The Labute approximate surface area is 154 Å². The summed E-state index contributed by atoms with van der Waals surface area (Å²) >= 11 is 0. The van der Waals surface area contributed by atoms with Crippen LogP contribution in [0.4, 0.5) is 0 Å². The van der Waals surface area contributed by atoms with E-state index in [0.29, 0.717) is 19.6 Å². The van der Waals surface area contributed by atoms with Crippen molar-refractivity contribution in [3.8, 4) is 11.3 Å². The molecule has 138 valence electrons. The van der Waals surface area contributed by atoms with Crippen LogP contribution in [0.3, 0.4) is 0 Å². The van der Waals surface area contributed by atoms with E-state index >= 15 is 0 Å². The summed E-state index contributed by atoms with van der Waals surface area (Å²) in [5.41, 5.74) is 3.35. The van der Waals surface area contributed by atoms with Crippen molar-refractivity contribution >= 4 is 5.91 Å². The average Bonchev–Trinajstić information content (AvgIpc) is 3.39. The van der Waals surface area contributed by atoms with Gasteiger partial charge in [0.15, 0.2) is 6.29 Å². The molecule has 0 saturated carbocycles. The second-order valence-corrected chi connectivity index (χ2v) is 7.02. The van der Waals surface area contributed by atoms with E-state index in [1.165, 1.54) is 0 Å². The highest BCUT2D eigenvalue weighted by molar-refractivity contribution is 5.77. The van der Waals surface area contributed by atoms with E-state index in [0.717, 1.165) is 49.2 Å². The van der Waals surface area contributed by atoms with Crippen LogP contribution in [0.25, 0.3) is 11.3 Å². The van der Waals surface area contributed by atoms with Gasteiger partial charge in [0.2, 0.25) is 5.91 Å². The summed E-state index contributed by atoms with van der Waals surface area (Å²) in [6.07, 6.45) is 4.16. The van der Waals surface area contributed by atoms with Crippen molar-refractivity contribution in [3.63, 3.8) is 0 Å². The van der Waals surface area contributed by atoms with Crippen LogP contribution in [0.2, 0.25) is 0 Å². The van der Waals surface area contributed by atoms with Crippen LogP contribution in [0, 0.1) is 0 Å². The number of amides is 1. The number of nitrogens with zero attached hydrogens (tertiary/aromatic N) is 1. The standard InChI is InChI=1S/C21H26N2O3/c24-20(23-13-5-4-8-19(23)21-25-14-15-26-21)12-10-17-9-11-18(22-17)16-6-2-1-3-7-16/h1-3,6-7,9,11,19,21-22H,4-5,8,10,12-15H2. The summed E-state index contributed by atoms with van der Waals surface area (Å²) < 4.78 is 11.3. The van der Waals surface area contributed by atoms with Gasteiger partial charge in [-0.3, -0.25) is 4.79 Å². The van der Waals surface area contributed by atoms with Gasteiger partial charge in [0.1, 0.15) is 0 Å². The van der Waals surface area contributed by atoms with Crippen molar-refractivity contribution in [3.05, 3.63) is 48.2 Å². The number of hydrogen-bond acceptors (Lipinski definition) is 3. The van der Waals surface area contributed by atoms with Gasteiger partial charge in [-0.2, -0.15) is 0 Å². The van der Waals surface area contributed by atoms with Gasteiger partial charge in [0.25, 0.3) is 0 Å². The molecule has 2 fully saturated rings. The van der Waals surface area contributed by atoms with Crippen molar-refractivity contribution in [2.75, 3.05) is 19.8 Å². The number of aryl methyl sites for hydroxylation is 1. The van der Waals surface area contributed by atoms with Crippen molar-refractivity contribution in [2.24, 2.45) is 0 Å². The number of piperidine rings is 1. The fourth-order valence-electron chi connectivity index (χ4n) is 3.91. The fourth-order valence-corrected chi connectivity index (χ4v) is 3.91. The third-order valence-corrected chi connectivity index (χ3v) is 5.27. The molecule has 2 saturated heterocycles. The van der Waals surface area contributed by atoms with Gasteiger partial charge < -0.3 is 19.4 Å². The lowest BCUT2D eigenvalue weighted by atomic mass is 10.0. The number of aromatic amines is 1. The molecule has 3 heterocycles. The lowest BCUT2D eigenvalue weighted by Gasteiger charge is -2.38. The van der Waals surface area contributed by atoms with Crippen molar-refractivity contribution in [1.82, 2.24) is 9.88 Å². The SMILES string of the molecule is O=C(CCc1ccc(-c2ccccc2)[nH]1)N1CCCCC1C1OCCO1. The first-order valence-electron chi connectivity index (χ1n) is 9.57. The van der Waals surface area contributed by atoms with Crippen molar-refractivity contribution in [1.29, 1.82) is 0 Å². The van der Waals surface area contributed by atoms with Crippen LogP contribution in [-0.2, 0) is 20.7 Å². The van der Waals surface area contributed by atoms with E-state index in [1.807, 2.05) is 23.1 Å². The van der Waals surface area contributed by atoms with Crippen LogP contribution in [0.1, 0.15) is 31.4 Å². The highest BCUT2D eigenvalue weighted by atomic mass is 16.7. The van der Waals surface area contributed by atoms with Gasteiger partial charge >= 0.3 is 0 Å². The number of likely N-dealkylation sites (tertiary alicyclic amines) is 1. The summed E-state index contributed by atoms with van der Waals surface area (Å²) in [5, 5.41) is 0. The Kier molecular flexibility index (Phi) is 5.37. The maximum atomic E-state index is 12.8. The van der Waals surface area contributed by atoms with Gasteiger partial charge in [-0.25, -0.2) is 0 Å². The van der Waals surface area contributed by atoms with Gasteiger partial charge in [0.05, 0.1) is 19.3 Å². The molecular formula is C21H26N2O3. The Morgan fingerprint density at radius 3 is 2.69 bits per heavy atom. The van der Waals surface area contributed by atoms with Gasteiger partial charge in [-0.1, -0.05) is 30.3 Å². The maximum absolute atomic E-state index is 12.8. The smallest absolute Gasteiger partial charge is 0.223 e. The molecule has 1 N–H and O–H groups in total. The molecule has 5 heteroatoms. The number of hydrogen-bond donors (Lipinski definition) is 1. The average molecular weight is 354 g/mol. The second-order valence-electron chi connectivity index (χ2n) is 7.02. The summed E-state index contributed by atoms with van der Waals surface area (Å²) in [6.45, 7) is 2.08. The minimum atomic E-state index is -0.241. The normalized spacial score (nSPS) is 21.2. The minimum Gasteiger partial charge on any atom is -0.358 e. The van der Waals surface area contributed by atoms with Crippen LogP contribution < -0.4 is 0 Å². The Morgan fingerprint density at radius 1 is 1.08 bits per heavy atom. The quantitative estimate of drug-likeness (QED) is 0.896. The maximum Gasteiger partial charge on any atom is 0.223 e. The number of carbonyl (C=O) groups excluding carboxylic acids is 1. The van der Waals surface area contributed by atoms with Gasteiger partial charge in [-0.15, -0.1) is 0 Å². The number of ether oxygens (including phenoxy) is 2. The Bertz CT molecular complexity index is 722. The molecule has 1 aromatic carbocycles. The molecule has 0 bridgehead atoms. The largest absolute Gasteiger partial charge is 0.358 e. The van der Waals surface area contributed by atoms with Crippen LogP contribution in [-0.4, -0.2) is 47.9 Å². The Hall–Kier alpha value is -2.11. The molecule has 1 aromatic heterocycles. The molecule has 2 aliphatic rings. The predicted octanol–water partition coefficient (Wildman–Crippen LogP) is 3.37. The molecular weight excluding hydrogens is 328 g/mol. The molecule has 1 unspecified atom stereocenters. The zero-order chi connectivity index (χ0) is 17.8. The van der Waals surface area contributed by atoms with E-state index in [4.69, 9.17) is 9.47 Å². The van der Waals surface area contributed by atoms with Crippen LogP contribution in [0.5, 0.6) is 0 Å². The molecule has 0 radical (unpaired) electrons. The molecule has 0 spiro atoms. The molecule has 1 atom stereocenters. The topological polar surface area (TPSA) is 54.6 Å². The lowest BCUT2D eigenvalue weighted by molar-refractivity contribution is -0.150. The summed E-state index contributed by atoms with van der Waals surface area (Å²) in [5.74, 6) is 0.199. The third kappa shape index (κ3) is 3.84. The lowest BCUT2D eigenvalue weighted by Crippen LogP contribution is -2.50. The highest BCUT2D eigenvalue weighted by Crippen LogP contribution is 2.25. The molecule has 2 aromatic rings. The van der Waals surface area contributed by atoms with Gasteiger partial charge in [-0.05, 0) is 43.4 Å². The van der Waals surface area contributed by atoms with Crippen LogP contribution in [0.15, 0.2) is 42.5 Å². The number of nitrogens with one attached hydrogen (secondary N) is 1. The summed E-state index contributed by atoms with van der Waals surface area (Å²) in [7, 11) is 0. The monoisotopic (exact) mass is 354 g/mol. The zero-order valence-electron chi connectivity index (χ0n) is 15.0. The Morgan fingerprint density at radius 2 is 1.88 bits per heavy atom. The first kappa shape index (κ1) is 17.3. The molecule has 0 aliphatic carbocycles. The van der Waals surface area contributed by atoms with Crippen molar-refractivity contribution < 1.29 is 14.3 Å². The van der Waals surface area contributed by atoms with E-state index in [-0.39, 0.29) is 18.2 Å². The van der Waals surface area contributed by atoms with Crippen molar-refractivity contribution in [2.45, 2.75) is 44.4 Å². The number of aromatic nitrogens is 1. The van der Waals surface area contributed by atoms with Gasteiger partial charge in [0, 0.05) is 24.4 Å². The first-order chi connectivity index (χ1) is 12.8. The summed E-state index contributed by atoms with van der Waals surface area (Å²) in [6, 6.07) is 14.5. The first-order valence-corrected chi connectivity index (χ1v) is 9.57. The number of H-pyrrole nitrogens is 1. The Balaban J connectivity index is 1.36. The minimum absolute atomic E-state index is 0.0715. The number of benzene rings is 1. The fraction of sp³-hybridized carbons (Fsp3) is 0.476. The molecule has 1 amide bonds. The second kappa shape index (κ2) is 8.06. The molecule has 5 nitrogen and oxygen atoms in total. The van der Waals surface area contributed by atoms with E-state index in [2.05, 4.69) is 29.2 Å². The third-order valence-electron chi connectivity index (χ3n) is 5.27. The number of carbonyl (C=O) groups is 1. The highest BCUT2D eigenvalue weighted by Gasteiger charge is 2.35. The molecule has 26 heavy (non-hydrogen) atoms. The predicted molar refractivity (Wildman–Crippen MR) is 99.6 cm³/mol. The summed E-state index contributed by atoms with van der Waals surface area (Å²) in [4.78, 5) is 18.2. The zero-order valence-corrected chi connectivity index (χ0v) is 15.0. The number of rotatable bonds is 5. The van der Waals surface area contributed by atoms with E-state index in [9.17, 15) is 4.79 Å². The van der Waals surface area contributed by atoms with E-state index in [1.54, 1.807) is 0 Å². The van der Waals surface area contributed by atoms with Crippen LogP contribution >= 0.6 is 0 Å². The molecule has 4 rings (SSSR count). The van der Waals surface area contributed by atoms with E-state index < -0.39 is 0 Å².